The van der Waals surface area contributed by atoms with Crippen molar-refractivity contribution in [2.45, 2.75) is 64.0 Å². The van der Waals surface area contributed by atoms with Gasteiger partial charge in [-0.3, -0.25) is 13.9 Å². The average molecular weight is 579 g/mol. The van der Waals surface area contributed by atoms with Crippen molar-refractivity contribution in [3.63, 3.8) is 0 Å². The van der Waals surface area contributed by atoms with Crippen molar-refractivity contribution in [3.05, 3.63) is 64.6 Å². The molecule has 1 N–H and O–H groups in total. The van der Waals surface area contributed by atoms with Crippen LogP contribution in [0.5, 0.6) is 0 Å². The maximum absolute atomic E-state index is 13.7. The van der Waals surface area contributed by atoms with E-state index < -0.39 is 22.0 Å². The summed E-state index contributed by atoms with van der Waals surface area (Å²) in [6.45, 7) is 1.83. The van der Waals surface area contributed by atoms with E-state index in [1.807, 2.05) is 37.3 Å². The number of sulfonamides is 1. The van der Waals surface area contributed by atoms with E-state index in [-0.39, 0.29) is 18.5 Å². The fraction of sp³-hybridized carbons (Fsp3) is 0.481. The van der Waals surface area contributed by atoms with Crippen molar-refractivity contribution in [2.24, 2.45) is 0 Å². The highest BCUT2D eigenvalue weighted by molar-refractivity contribution is 9.10. The van der Waals surface area contributed by atoms with Crippen LogP contribution in [0.1, 0.15) is 51.0 Å². The van der Waals surface area contributed by atoms with E-state index in [1.54, 1.807) is 29.2 Å². The van der Waals surface area contributed by atoms with Crippen molar-refractivity contribution in [1.29, 1.82) is 0 Å². The second kappa shape index (κ2) is 13.2. The quantitative estimate of drug-likeness (QED) is 0.425. The number of nitrogens with zero attached hydrogens (tertiary/aromatic N) is 2. The number of carbonyl (C=O) groups excluding carboxylic acids is 2. The predicted octanol–water partition coefficient (Wildman–Crippen LogP) is 4.51. The Morgan fingerprint density at radius 3 is 2.25 bits per heavy atom. The van der Waals surface area contributed by atoms with E-state index in [2.05, 4.69) is 21.2 Å². The van der Waals surface area contributed by atoms with Gasteiger partial charge in [-0.1, -0.05) is 72.4 Å². The highest BCUT2D eigenvalue weighted by atomic mass is 79.9. The zero-order chi connectivity index (χ0) is 26.1. The first-order valence-corrected chi connectivity index (χ1v) is 15.2. The molecule has 1 saturated carbocycles. The zero-order valence-electron chi connectivity index (χ0n) is 21.0. The maximum atomic E-state index is 13.7. The molecule has 2 aromatic carbocycles. The van der Waals surface area contributed by atoms with Gasteiger partial charge in [0.25, 0.3) is 0 Å². The van der Waals surface area contributed by atoms with Gasteiger partial charge in [0, 0.05) is 17.1 Å². The van der Waals surface area contributed by atoms with Gasteiger partial charge in [0.2, 0.25) is 21.8 Å². The van der Waals surface area contributed by atoms with E-state index in [9.17, 15) is 18.0 Å². The van der Waals surface area contributed by atoms with Crippen molar-refractivity contribution >= 4 is 43.5 Å². The second-order valence-electron chi connectivity index (χ2n) is 9.34. The Morgan fingerprint density at radius 2 is 1.67 bits per heavy atom. The van der Waals surface area contributed by atoms with Crippen LogP contribution in [0, 0.1) is 0 Å². The summed E-state index contributed by atoms with van der Waals surface area (Å²) in [7, 11) is -3.73. The molecule has 0 aromatic heterocycles. The van der Waals surface area contributed by atoms with Gasteiger partial charge in [-0.25, -0.2) is 8.42 Å². The lowest BCUT2D eigenvalue weighted by Gasteiger charge is -2.34. The SMILES string of the molecule is CCC(C(=O)NC1CCCCC1)N(CCc1ccccc1)C(=O)CN(c1ccc(Br)cc1)S(C)(=O)=O. The second-order valence-corrected chi connectivity index (χ2v) is 12.2. The molecule has 1 aliphatic rings. The van der Waals surface area contributed by atoms with E-state index in [1.165, 1.54) is 6.42 Å². The van der Waals surface area contributed by atoms with Crippen LogP contribution in [0.4, 0.5) is 5.69 Å². The minimum absolute atomic E-state index is 0.127. The summed E-state index contributed by atoms with van der Waals surface area (Å²) in [4.78, 5) is 28.6. The molecule has 36 heavy (non-hydrogen) atoms. The summed E-state index contributed by atoms with van der Waals surface area (Å²) in [5.74, 6) is -0.565. The number of hydrogen-bond acceptors (Lipinski definition) is 4. The fourth-order valence-electron chi connectivity index (χ4n) is 4.66. The standard InChI is InChI=1S/C27H36BrN3O4S/c1-3-25(27(33)29-23-12-8-5-9-13-23)30(19-18-21-10-6-4-7-11-21)26(32)20-31(36(2,34)35)24-16-14-22(28)15-17-24/h4,6-7,10-11,14-17,23,25H,3,5,8-9,12-13,18-20H2,1-2H3,(H,29,33). The first kappa shape index (κ1) is 28.2. The first-order valence-electron chi connectivity index (χ1n) is 12.6. The van der Waals surface area contributed by atoms with Gasteiger partial charge in [0.05, 0.1) is 11.9 Å². The molecule has 0 radical (unpaired) electrons. The van der Waals surface area contributed by atoms with Crippen LogP contribution in [0.3, 0.4) is 0 Å². The Labute approximate surface area is 223 Å². The van der Waals surface area contributed by atoms with E-state index in [0.717, 1.165) is 46.3 Å². The molecule has 9 heteroatoms. The minimum Gasteiger partial charge on any atom is -0.352 e. The predicted molar refractivity (Wildman–Crippen MR) is 147 cm³/mol. The molecular formula is C27H36BrN3O4S. The van der Waals surface area contributed by atoms with E-state index >= 15 is 0 Å². The number of benzene rings is 2. The molecular weight excluding hydrogens is 542 g/mol. The molecule has 2 amide bonds. The number of anilines is 1. The number of amides is 2. The van der Waals surface area contributed by atoms with Crippen LogP contribution in [0.2, 0.25) is 0 Å². The van der Waals surface area contributed by atoms with Crippen molar-refractivity contribution in [2.75, 3.05) is 23.7 Å². The Morgan fingerprint density at radius 1 is 1.03 bits per heavy atom. The molecule has 3 rings (SSSR count). The number of halogens is 1. The number of rotatable bonds is 11. The third-order valence-electron chi connectivity index (χ3n) is 6.62. The smallest absolute Gasteiger partial charge is 0.244 e. The van der Waals surface area contributed by atoms with Gasteiger partial charge in [-0.05, 0) is 55.5 Å². The van der Waals surface area contributed by atoms with Gasteiger partial charge in [-0.15, -0.1) is 0 Å². The highest BCUT2D eigenvalue weighted by Gasteiger charge is 2.32. The van der Waals surface area contributed by atoms with Gasteiger partial charge >= 0.3 is 0 Å². The third kappa shape index (κ3) is 8.06. The first-order chi connectivity index (χ1) is 17.2. The lowest BCUT2D eigenvalue weighted by Crippen LogP contribution is -2.54. The number of nitrogens with one attached hydrogen (secondary N) is 1. The fourth-order valence-corrected chi connectivity index (χ4v) is 5.78. The molecule has 0 heterocycles. The van der Waals surface area contributed by atoms with Crippen LogP contribution in [0.15, 0.2) is 59.1 Å². The molecule has 7 nitrogen and oxygen atoms in total. The molecule has 0 saturated heterocycles. The minimum atomic E-state index is -3.73. The van der Waals surface area contributed by atoms with Gasteiger partial charge in [0.1, 0.15) is 12.6 Å². The molecule has 2 aromatic rings. The van der Waals surface area contributed by atoms with Crippen LogP contribution in [0.25, 0.3) is 0 Å². The lowest BCUT2D eigenvalue weighted by molar-refractivity contribution is -0.140. The van der Waals surface area contributed by atoms with Crippen LogP contribution in [-0.2, 0) is 26.0 Å². The zero-order valence-corrected chi connectivity index (χ0v) is 23.4. The molecule has 1 fully saturated rings. The topological polar surface area (TPSA) is 86.8 Å². The normalized spacial score (nSPS) is 15.2. The number of hydrogen-bond donors (Lipinski definition) is 1. The summed E-state index contributed by atoms with van der Waals surface area (Å²) in [6.07, 6.45) is 7.36. The molecule has 196 valence electrons. The lowest BCUT2D eigenvalue weighted by atomic mass is 9.95. The average Bonchev–Trinajstić information content (AvgIpc) is 2.86. The van der Waals surface area contributed by atoms with Crippen molar-refractivity contribution < 1.29 is 18.0 Å². The Kier molecular flexibility index (Phi) is 10.4. The molecule has 0 bridgehead atoms. The largest absolute Gasteiger partial charge is 0.352 e. The number of carbonyl (C=O) groups is 2. The van der Waals surface area contributed by atoms with Crippen LogP contribution >= 0.6 is 15.9 Å². The van der Waals surface area contributed by atoms with Crippen LogP contribution < -0.4 is 9.62 Å². The van der Waals surface area contributed by atoms with Crippen molar-refractivity contribution in [1.82, 2.24) is 10.2 Å². The highest BCUT2D eigenvalue weighted by Crippen LogP contribution is 2.22. The van der Waals surface area contributed by atoms with Crippen LogP contribution in [-0.4, -0.2) is 56.6 Å². The van der Waals surface area contributed by atoms with E-state index in [4.69, 9.17) is 0 Å². The summed E-state index contributed by atoms with van der Waals surface area (Å²) in [6, 6.07) is 16.0. The molecule has 1 atom stereocenters. The summed E-state index contributed by atoms with van der Waals surface area (Å²) < 4.78 is 27.2. The van der Waals surface area contributed by atoms with Gasteiger partial charge in [-0.2, -0.15) is 0 Å². The summed E-state index contributed by atoms with van der Waals surface area (Å²) in [5.41, 5.74) is 1.45. The van der Waals surface area contributed by atoms with E-state index in [0.29, 0.717) is 25.1 Å². The Bertz CT molecular complexity index is 1100. The summed E-state index contributed by atoms with van der Waals surface area (Å²) in [5, 5.41) is 3.15. The molecule has 0 spiro atoms. The Hall–Kier alpha value is -2.39. The monoisotopic (exact) mass is 577 g/mol. The third-order valence-corrected chi connectivity index (χ3v) is 8.28. The maximum Gasteiger partial charge on any atom is 0.244 e. The van der Waals surface area contributed by atoms with Gasteiger partial charge in [0.15, 0.2) is 0 Å². The Balaban J connectivity index is 1.84. The molecule has 1 unspecified atom stereocenters. The summed E-state index contributed by atoms with van der Waals surface area (Å²) >= 11 is 3.36. The van der Waals surface area contributed by atoms with Crippen molar-refractivity contribution in [3.8, 4) is 0 Å². The molecule has 1 aliphatic carbocycles. The van der Waals surface area contributed by atoms with Gasteiger partial charge < -0.3 is 10.2 Å². The molecule has 0 aliphatic heterocycles.